The van der Waals surface area contributed by atoms with E-state index in [0.717, 1.165) is 67.6 Å². The van der Waals surface area contributed by atoms with Crippen molar-refractivity contribution < 1.29 is 4.74 Å². The van der Waals surface area contributed by atoms with Gasteiger partial charge in [0.2, 0.25) is 0 Å². The van der Waals surface area contributed by atoms with Gasteiger partial charge >= 0.3 is 0 Å². The average molecular weight is 322 g/mol. The molecule has 1 aliphatic rings. The van der Waals surface area contributed by atoms with E-state index in [1.54, 1.807) is 0 Å². The first-order valence-corrected chi connectivity index (χ1v) is 8.62. The molecule has 0 amide bonds. The Morgan fingerprint density at radius 2 is 1.79 bits per heavy atom. The van der Waals surface area contributed by atoms with Crippen LogP contribution in [0, 0.1) is 0 Å². The molecule has 0 saturated carbocycles. The first-order chi connectivity index (χ1) is 11.9. The summed E-state index contributed by atoms with van der Waals surface area (Å²) in [6.45, 7) is 6.43. The van der Waals surface area contributed by atoms with E-state index in [4.69, 9.17) is 14.7 Å². The van der Waals surface area contributed by atoms with Crippen molar-refractivity contribution in [2.75, 3.05) is 31.2 Å². The Kier molecular flexibility index (Phi) is 4.17. The molecule has 1 aromatic carbocycles. The first-order valence-electron chi connectivity index (χ1n) is 8.62. The number of rotatable bonds is 4. The topological polar surface area (TPSA) is 43.2 Å². The minimum Gasteiger partial charge on any atom is -0.378 e. The van der Waals surface area contributed by atoms with Crippen LogP contribution in [-0.4, -0.2) is 40.8 Å². The smallest absolute Gasteiger partial charge is 0.162 e. The highest BCUT2D eigenvalue weighted by Gasteiger charge is 2.17. The zero-order chi connectivity index (χ0) is 16.4. The summed E-state index contributed by atoms with van der Waals surface area (Å²) in [7, 11) is 0. The van der Waals surface area contributed by atoms with Crippen LogP contribution in [0.3, 0.4) is 0 Å². The summed E-state index contributed by atoms with van der Waals surface area (Å²) < 4.78 is 7.69. The molecule has 24 heavy (non-hydrogen) atoms. The number of aryl methyl sites for hydroxylation is 1. The third-order valence-corrected chi connectivity index (χ3v) is 4.39. The Bertz CT molecular complexity index is 822. The van der Waals surface area contributed by atoms with Crippen molar-refractivity contribution in [3.63, 3.8) is 0 Å². The van der Waals surface area contributed by atoms with E-state index in [2.05, 4.69) is 52.8 Å². The van der Waals surface area contributed by atoms with Crippen molar-refractivity contribution in [1.82, 2.24) is 14.5 Å². The quantitative estimate of drug-likeness (QED) is 0.739. The molecule has 3 aromatic rings. The van der Waals surface area contributed by atoms with Gasteiger partial charge in [-0.2, -0.15) is 0 Å². The number of fused-ring (bicyclic) bond motifs is 1. The van der Waals surface area contributed by atoms with Crippen LogP contribution >= 0.6 is 0 Å². The Morgan fingerprint density at radius 1 is 1.00 bits per heavy atom. The lowest BCUT2D eigenvalue weighted by molar-refractivity contribution is 0.122. The summed E-state index contributed by atoms with van der Waals surface area (Å²) in [6, 6.07) is 14.5. The second-order valence-corrected chi connectivity index (χ2v) is 6.06. The van der Waals surface area contributed by atoms with Crippen molar-refractivity contribution in [2.45, 2.75) is 19.9 Å². The highest BCUT2D eigenvalue weighted by molar-refractivity contribution is 5.79. The summed E-state index contributed by atoms with van der Waals surface area (Å²) in [5, 5.41) is 0. The Labute approximate surface area is 141 Å². The number of hydrogen-bond acceptors (Lipinski definition) is 4. The number of imidazole rings is 1. The van der Waals surface area contributed by atoms with E-state index < -0.39 is 0 Å². The molecule has 1 saturated heterocycles. The number of nitrogens with zero attached hydrogens (tertiary/aromatic N) is 4. The van der Waals surface area contributed by atoms with Crippen LogP contribution in [0.2, 0.25) is 0 Å². The molecule has 5 nitrogen and oxygen atoms in total. The molecular formula is C19H22N4O. The second-order valence-electron chi connectivity index (χ2n) is 6.06. The van der Waals surface area contributed by atoms with Crippen LogP contribution in [0.4, 0.5) is 5.82 Å². The van der Waals surface area contributed by atoms with Gasteiger partial charge in [-0.15, -0.1) is 0 Å². The minimum atomic E-state index is 0.767. The number of ether oxygens (including phenoxy) is 1. The highest BCUT2D eigenvalue weighted by atomic mass is 16.5. The fourth-order valence-corrected chi connectivity index (χ4v) is 3.20. The van der Waals surface area contributed by atoms with Crippen molar-refractivity contribution in [2.24, 2.45) is 0 Å². The van der Waals surface area contributed by atoms with Gasteiger partial charge in [-0.25, -0.2) is 9.97 Å². The van der Waals surface area contributed by atoms with E-state index in [0.29, 0.717) is 0 Å². The largest absolute Gasteiger partial charge is 0.378 e. The summed E-state index contributed by atoms with van der Waals surface area (Å²) >= 11 is 0. The third-order valence-electron chi connectivity index (χ3n) is 4.39. The van der Waals surface area contributed by atoms with Gasteiger partial charge in [0, 0.05) is 25.2 Å². The monoisotopic (exact) mass is 322 g/mol. The summed E-state index contributed by atoms with van der Waals surface area (Å²) in [5.41, 5.74) is 3.07. The van der Waals surface area contributed by atoms with Crippen LogP contribution in [0.15, 0.2) is 42.5 Å². The van der Waals surface area contributed by atoms with Gasteiger partial charge in [0.25, 0.3) is 0 Å². The average Bonchev–Trinajstić information content (AvgIpc) is 3.01. The minimum absolute atomic E-state index is 0.767. The van der Waals surface area contributed by atoms with Crippen molar-refractivity contribution >= 4 is 17.0 Å². The second kappa shape index (κ2) is 6.61. The predicted molar refractivity (Wildman–Crippen MR) is 96.3 cm³/mol. The molecule has 1 fully saturated rings. The fraction of sp³-hybridized carbons (Fsp3) is 0.368. The van der Waals surface area contributed by atoms with Crippen molar-refractivity contribution in [3.05, 3.63) is 42.5 Å². The molecule has 0 radical (unpaired) electrons. The number of hydrogen-bond donors (Lipinski definition) is 0. The maximum atomic E-state index is 5.45. The molecule has 124 valence electrons. The summed E-state index contributed by atoms with van der Waals surface area (Å²) in [6.07, 6.45) is 1.05. The van der Waals surface area contributed by atoms with Gasteiger partial charge in [-0.1, -0.05) is 37.3 Å². The SMILES string of the molecule is CCCn1c(-c2ccccc2)nc2ccc(N3CCOCC3)nc21. The van der Waals surface area contributed by atoms with E-state index in [-0.39, 0.29) is 0 Å². The lowest BCUT2D eigenvalue weighted by Gasteiger charge is -2.27. The molecule has 3 heterocycles. The van der Waals surface area contributed by atoms with E-state index in [1.807, 2.05) is 6.07 Å². The molecule has 2 aromatic heterocycles. The molecule has 0 atom stereocenters. The lowest BCUT2D eigenvalue weighted by Crippen LogP contribution is -2.36. The molecule has 0 aliphatic carbocycles. The highest BCUT2D eigenvalue weighted by Crippen LogP contribution is 2.26. The van der Waals surface area contributed by atoms with Crippen LogP contribution in [0.1, 0.15) is 13.3 Å². The lowest BCUT2D eigenvalue weighted by atomic mass is 10.2. The third kappa shape index (κ3) is 2.76. The zero-order valence-electron chi connectivity index (χ0n) is 14.0. The van der Waals surface area contributed by atoms with Crippen LogP contribution in [0.5, 0.6) is 0 Å². The van der Waals surface area contributed by atoms with Crippen LogP contribution in [-0.2, 0) is 11.3 Å². The predicted octanol–water partition coefficient (Wildman–Crippen LogP) is 3.34. The number of benzene rings is 1. The Hall–Kier alpha value is -2.40. The molecule has 0 unspecified atom stereocenters. The van der Waals surface area contributed by atoms with Gasteiger partial charge in [-0.05, 0) is 18.6 Å². The standard InChI is InChI=1S/C19H22N4O/c1-2-10-23-18(15-6-4-3-5-7-15)20-16-8-9-17(21-19(16)23)22-11-13-24-14-12-22/h3-9H,2,10-14H2,1H3. The zero-order valence-corrected chi connectivity index (χ0v) is 14.0. The van der Waals surface area contributed by atoms with E-state index in [9.17, 15) is 0 Å². The molecule has 4 rings (SSSR count). The summed E-state index contributed by atoms with van der Waals surface area (Å²) in [5.74, 6) is 2.02. The van der Waals surface area contributed by atoms with E-state index >= 15 is 0 Å². The molecule has 1 aliphatic heterocycles. The van der Waals surface area contributed by atoms with Crippen molar-refractivity contribution in [1.29, 1.82) is 0 Å². The number of pyridine rings is 1. The Morgan fingerprint density at radius 3 is 2.54 bits per heavy atom. The van der Waals surface area contributed by atoms with Gasteiger partial charge < -0.3 is 14.2 Å². The maximum absolute atomic E-state index is 5.45. The van der Waals surface area contributed by atoms with E-state index in [1.165, 1.54) is 0 Å². The van der Waals surface area contributed by atoms with Crippen LogP contribution < -0.4 is 4.90 Å². The van der Waals surface area contributed by atoms with Crippen LogP contribution in [0.25, 0.3) is 22.6 Å². The number of anilines is 1. The van der Waals surface area contributed by atoms with Gasteiger partial charge in [0.1, 0.15) is 17.2 Å². The van der Waals surface area contributed by atoms with Gasteiger partial charge in [0.05, 0.1) is 13.2 Å². The molecule has 0 N–H and O–H groups in total. The summed E-state index contributed by atoms with van der Waals surface area (Å²) in [4.78, 5) is 12.1. The van der Waals surface area contributed by atoms with Gasteiger partial charge in [0.15, 0.2) is 5.65 Å². The normalized spacial score (nSPS) is 15.1. The molecule has 0 spiro atoms. The molecule has 5 heteroatoms. The maximum Gasteiger partial charge on any atom is 0.162 e. The molecular weight excluding hydrogens is 300 g/mol. The first kappa shape index (κ1) is 15.1. The Balaban J connectivity index is 1.81. The van der Waals surface area contributed by atoms with Crippen molar-refractivity contribution in [3.8, 4) is 11.4 Å². The number of morpholine rings is 1. The number of aromatic nitrogens is 3. The fourth-order valence-electron chi connectivity index (χ4n) is 3.20. The van der Waals surface area contributed by atoms with Gasteiger partial charge in [-0.3, -0.25) is 0 Å². The molecule has 0 bridgehead atoms.